The molecule has 45 heavy (non-hydrogen) atoms. The molecule has 0 spiro atoms. The Morgan fingerprint density at radius 2 is 1.82 bits per heavy atom. The van der Waals surface area contributed by atoms with Crippen molar-refractivity contribution >= 4 is 39.9 Å². The second kappa shape index (κ2) is 17.8. The lowest BCUT2D eigenvalue weighted by Crippen LogP contribution is -2.40. The minimum atomic E-state index is -0.250. The van der Waals surface area contributed by atoms with Crippen molar-refractivity contribution in [2.45, 2.75) is 53.4 Å². The molecule has 3 heterocycles. The van der Waals surface area contributed by atoms with E-state index in [9.17, 15) is 10.1 Å². The second-order valence-corrected chi connectivity index (χ2v) is 12.1. The zero-order chi connectivity index (χ0) is 32.8. The predicted molar refractivity (Wildman–Crippen MR) is 181 cm³/mol. The van der Waals surface area contributed by atoms with Gasteiger partial charge in [0.15, 0.2) is 5.13 Å². The van der Waals surface area contributed by atoms with Crippen LogP contribution in [0.15, 0.2) is 48.8 Å². The molecule has 2 aromatic carbocycles. The SMILES string of the molecule is CCCN(C)CCC.Cc1ncnc2ccc(-c3sc(NC(=O)N4CCC(C)CC4)nc3-c3cccc(C#N)c3)cc12.O=CO. The van der Waals surface area contributed by atoms with Crippen molar-refractivity contribution in [3.05, 3.63) is 60.0 Å². The number of benzene rings is 2. The van der Waals surface area contributed by atoms with E-state index in [1.54, 1.807) is 12.4 Å². The fraction of sp³-hybridized carbons (Fsp3) is 0.412. The molecule has 5 rings (SSSR count). The number of aromatic nitrogens is 3. The minimum absolute atomic E-state index is 0.118. The highest BCUT2D eigenvalue weighted by Gasteiger charge is 2.23. The summed E-state index contributed by atoms with van der Waals surface area (Å²) in [5, 5.41) is 20.8. The largest absolute Gasteiger partial charge is 0.483 e. The molecule has 0 unspecified atom stereocenters. The van der Waals surface area contributed by atoms with Crippen LogP contribution in [0.5, 0.6) is 0 Å². The number of urea groups is 1. The first-order chi connectivity index (χ1) is 21.7. The van der Waals surface area contributed by atoms with Crippen LogP contribution in [0.1, 0.15) is 57.7 Å². The summed E-state index contributed by atoms with van der Waals surface area (Å²) in [5.74, 6) is 0.648. The molecular formula is C34H43N7O3S. The lowest BCUT2D eigenvalue weighted by Gasteiger charge is -2.29. The van der Waals surface area contributed by atoms with Crippen molar-refractivity contribution in [2.24, 2.45) is 5.92 Å². The number of thiazole rings is 1. The predicted octanol–water partition coefficient (Wildman–Crippen LogP) is 7.30. The highest BCUT2D eigenvalue weighted by atomic mass is 32.1. The van der Waals surface area contributed by atoms with Crippen LogP contribution in [0.4, 0.5) is 9.93 Å². The monoisotopic (exact) mass is 629 g/mol. The van der Waals surface area contributed by atoms with Gasteiger partial charge >= 0.3 is 6.03 Å². The third-order valence-corrected chi connectivity index (χ3v) is 8.50. The first-order valence-corrected chi connectivity index (χ1v) is 16.1. The Labute approximate surface area is 269 Å². The Balaban J connectivity index is 0.000000434. The average molecular weight is 630 g/mol. The Hall–Kier alpha value is -4.40. The van der Waals surface area contributed by atoms with Gasteiger partial charge in [-0.05, 0) is 88.5 Å². The average Bonchev–Trinajstić information content (AvgIpc) is 3.46. The maximum Gasteiger partial charge on any atom is 0.323 e. The first kappa shape index (κ1) is 35.1. The van der Waals surface area contributed by atoms with Crippen molar-refractivity contribution in [2.75, 3.05) is 38.5 Å². The van der Waals surface area contributed by atoms with Crippen molar-refractivity contribution < 1.29 is 14.7 Å². The van der Waals surface area contributed by atoms with Gasteiger partial charge in [0.25, 0.3) is 6.47 Å². The molecule has 0 saturated carbocycles. The van der Waals surface area contributed by atoms with E-state index in [1.807, 2.05) is 42.2 Å². The molecule has 10 nitrogen and oxygen atoms in total. The molecule has 2 amide bonds. The van der Waals surface area contributed by atoms with Crippen molar-refractivity contribution in [3.8, 4) is 27.8 Å². The third kappa shape index (κ3) is 10.1. The van der Waals surface area contributed by atoms with E-state index in [1.165, 1.54) is 37.3 Å². The van der Waals surface area contributed by atoms with Gasteiger partial charge in [0.1, 0.15) is 6.33 Å². The molecule has 0 bridgehead atoms. The van der Waals surface area contributed by atoms with Crippen LogP contribution in [0, 0.1) is 24.2 Å². The van der Waals surface area contributed by atoms with E-state index < -0.39 is 0 Å². The molecule has 11 heteroatoms. The van der Waals surface area contributed by atoms with Crippen LogP contribution >= 0.6 is 11.3 Å². The quantitative estimate of drug-likeness (QED) is 0.203. The summed E-state index contributed by atoms with van der Waals surface area (Å²) in [6, 6.07) is 15.5. The first-order valence-electron chi connectivity index (χ1n) is 15.3. The minimum Gasteiger partial charge on any atom is -0.483 e. The van der Waals surface area contributed by atoms with Gasteiger partial charge in [0.2, 0.25) is 0 Å². The van der Waals surface area contributed by atoms with Crippen LogP contribution in [0.2, 0.25) is 0 Å². The molecule has 0 atom stereocenters. The smallest absolute Gasteiger partial charge is 0.323 e. The van der Waals surface area contributed by atoms with Crippen LogP contribution in [-0.4, -0.2) is 75.6 Å². The van der Waals surface area contributed by atoms with E-state index in [0.29, 0.717) is 16.6 Å². The van der Waals surface area contributed by atoms with Gasteiger partial charge in [0.05, 0.1) is 27.7 Å². The number of amides is 2. The molecule has 1 aliphatic rings. The van der Waals surface area contributed by atoms with Gasteiger partial charge in [-0.1, -0.05) is 50.3 Å². The number of piperidine rings is 1. The zero-order valence-electron chi connectivity index (χ0n) is 26.8. The molecule has 2 aromatic heterocycles. The second-order valence-electron chi connectivity index (χ2n) is 11.1. The fourth-order valence-electron chi connectivity index (χ4n) is 5.09. The lowest BCUT2D eigenvalue weighted by molar-refractivity contribution is -0.122. The number of carboxylic acid groups (broad SMARTS) is 1. The molecule has 1 fully saturated rings. The van der Waals surface area contributed by atoms with Crippen LogP contribution in [-0.2, 0) is 4.79 Å². The number of hydrogen-bond donors (Lipinski definition) is 2. The van der Waals surface area contributed by atoms with Gasteiger partial charge in [-0.3, -0.25) is 10.1 Å². The van der Waals surface area contributed by atoms with Gasteiger partial charge < -0.3 is 14.9 Å². The number of aryl methyl sites for hydroxylation is 1. The number of nitriles is 1. The molecule has 2 N–H and O–H groups in total. The summed E-state index contributed by atoms with van der Waals surface area (Å²) < 4.78 is 0. The van der Waals surface area contributed by atoms with Crippen molar-refractivity contribution in [1.82, 2.24) is 24.8 Å². The number of likely N-dealkylation sites (tertiary alicyclic amines) is 1. The summed E-state index contributed by atoms with van der Waals surface area (Å²) in [6.45, 7) is 12.4. The number of nitrogens with one attached hydrogen (secondary N) is 1. The highest BCUT2D eigenvalue weighted by Crippen LogP contribution is 2.40. The maximum atomic E-state index is 12.9. The summed E-state index contributed by atoms with van der Waals surface area (Å²) in [7, 11) is 2.17. The highest BCUT2D eigenvalue weighted by molar-refractivity contribution is 7.19. The number of carbonyl (C=O) groups excluding carboxylic acids is 1. The molecule has 4 aromatic rings. The summed E-state index contributed by atoms with van der Waals surface area (Å²) in [4.78, 5) is 39.9. The Bertz CT molecular complexity index is 1590. The summed E-state index contributed by atoms with van der Waals surface area (Å²) in [6.07, 6.45) is 6.15. The molecule has 0 radical (unpaired) electrons. The van der Waals surface area contributed by atoms with Crippen molar-refractivity contribution in [3.63, 3.8) is 0 Å². The lowest BCUT2D eigenvalue weighted by atomic mass is 10.00. The molecule has 1 saturated heterocycles. The van der Waals surface area contributed by atoms with Crippen LogP contribution < -0.4 is 5.32 Å². The van der Waals surface area contributed by atoms with Crippen LogP contribution in [0.25, 0.3) is 32.6 Å². The van der Waals surface area contributed by atoms with Crippen molar-refractivity contribution in [1.29, 1.82) is 5.26 Å². The van der Waals surface area contributed by atoms with E-state index in [-0.39, 0.29) is 12.5 Å². The van der Waals surface area contributed by atoms with Gasteiger partial charge in [0, 0.05) is 29.7 Å². The topological polar surface area (TPSA) is 135 Å². The molecule has 1 aliphatic heterocycles. The number of rotatable bonds is 7. The van der Waals surface area contributed by atoms with E-state index in [4.69, 9.17) is 14.9 Å². The number of carbonyl (C=O) groups is 2. The number of nitrogens with zero attached hydrogens (tertiary/aromatic N) is 6. The van der Waals surface area contributed by atoms with Gasteiger partial charge in [-0.15, -0.1) is 0 Å². The normalized spacial score (nSPS) is 12.9. The third-order valence-electron chi connectivity index (χ3n) is 7.48. The summed E-state index contributed by atoms with van der Waals surface area (Å²) in [5.41, 5.74) is 4.87. The number of anilines is 1. The zero-order valence-corrected chi connectivity index (χ0v) is 27.6. The number of fused-ring (bicyclic) bond motifs is 1. The van der Waals surface area contributed by atoms with E-state index in [0.717, 1.165) is 64.2 Å². The Kier molecular flexibility index (Phi) is 13.9. The molecule has 238 valence electrons. The number of hydrogen-bond acceptors (Lipinski definition) is 8. The van der Waals surface area contributed by atoms with Crippen LogP contribution in [0.3, 0.4) is 0 Å². The fourth-order valence-corrected chi connectivity index (χ4v) is 6.06. The van der Waals surface area contributed by atoms with Gasteiger partial charge in [-0.2, -0.15) is 5.26 Å². The van der Waals surface area contributed by atoms with E-state index >= 15 is 0 Å². The summed E-state index contributed by atoms with van der Waals surface area (Å²) >= 11 is 1.43. The molecular weight excluding hydrogens is 586 g/mol. The maximum absolute atomic E-state index is 12.9. The Morgan fingerprint density at radius 3 is 2.47 bits per heavy atom. The standard InChI is InChI=1S/C26H24N6OS.C7H17N.CH2O2/c1-16-8-10-32(11-9-16)26(33)31-25-30-23(19-5-3-4-18(12-19)14-27)24(34-25)20-6-7-22-21(13-20)17(2)28-15-29-22;1-4-6-8(3)7-5-2;2-1-3/h3-7,12-13,15-16H,8-11H2,1-2H3,(H,30,31,33);4-7H2,1-3H3;1H,(H,2,3). The van der Waals surface area contributed by atoms with E-state index in [2.05, 4.69) is 60.1 Å². The molecule has 0 aliphatic carbocycles. The Morgan fingerprint density at radius 1 is 1.13 bits per heavy atom. The van der Waals surface area contributed by atoms with Gasteiger partial charge in [-0.25, -0.2) is 19.7 Å².